The van der Waals surface area contributed by atoms with Crippen LogP contribution in [-0.4, -0.2) is 64.1 Å². The van der Waals surface area contributed by atoms with Crippen molar-refractivity contribution in [3.63, 3.8) is 0 Å². The Morgan fingerprint density at radius 3 is 2.55 bits per heavy atom. The number of hydrogen-bond donors (Lipinski definition) is 0. The molecule has 0 unspecified atom stereocenters. The molecule has 1 aromatic carbocycles. The molecule has 4 heterocycles. The Balaban J connectivity index is 1.23. The number of anilines is 1. The zero-order valence-electron chi connectivity index (χ0n) is 23.0. The van der Waals surface area contributed by atoms with Gasteiger partial charge in [-0.3, -0.25) is 19.9 Å². The molecule has 1 spiro atoms. The lowest BCUT2D eigenvalue weighted by Gasteiger charge is -2.39. The average Bonchev–Trinajstić information content (AvgIpc) is 3.09. The fourth-order valence-corrected chi connectivity index (χ4v) is 5.84. The van der Waals surface area contributed by atoms with E-state index in [0.717, 1.165) is 47.0 Å². The normalized spacial score (nSPS) is 17.9. The van der Waals surface area contributed by atoms with Crippen LogP contribution in [0.25, 0.3) is 22.0 Å². The highest BCUT2D eigenvalue weighted by molar-refractivity contribution is 6.13. The van der Waals surface area contributed by atoms with E-state index >= 15 is 0 Å². The van der Waals surface area contributed by atoms with Gasteiger partial charge in [-0.25, -0.2) is 9.78 Å². The molecule has 0 atom stereocenters. The van der Waals surface area contributed by atoms with Crippen molar-refractivity contribution in [2.24, 2.45) is 5.92 Å². The van der Waals surface area contributed by atoms with E-state index in [1.54, 1.807) is 29.2 Å². The molecule has 11 nitrogen and oxygen atoms in total. The summed E-state index contributed by atoms with van der Waals surface area (Å²) in [5, 5.41) is 12.8. The first-order chi connectivity index (χ1) is 19.0. The minimum Gasteiger partial charge on any atom is -0.472 e. The van der Waals surface area contributed by atoms with E-state index in [1.165, 1.54) is 6.07 Å². The molecule has 2 aromatic heterocycles. The summed E-state index contributed by atoms with van der Waals surface area (Å²) in [6, 6.07) is 7.15. The number of amides is 2. The molecule has 0 bridgehead atoms. The lowest BCUT2D eigenvalue weighted by molar-refractivity contribution is -0.386. The maximum atomic E-state index is 13.1. The number of benzene rings is 1. The topological polar surface area (TPSA) is 128 Å². The van der Waals surface area contributed by atoms with Gasteiger partial charge in [-0.15, -0.1) is 0 Å². The summed E-state index contributed by atoms with van der Waals surface area (Å²) in [5.74, 6) is 0.0738. The van der Waals surface area contributed by atoms with Gasteiger partial charge in [0.2, 0.25) is 5.91 Å². The molecule has 208 valence electrons. The van der Waals surface area contributed by atoms with Crippen LogP contribution < -0.4 is 9.64 Å². The number of nitro groups is 1. The van der Waals surface area contributed by atoms with Gasteiger partial charge in [-0.05, 0) is 51.3 Å². The Morgan fingerprint density at radius 2 is 1.90 bits per heavy atom. The van der Waals surface area contributed by atoms with Gasteiger partial charge in [0, 0.05) is 54.8 Å². The van der Waals surface area contributed by atoms with Crippen LogP contribution in [0.5, 0.6) is 5.88 Å². The summed E-state index contributed by atoms with van der Waals surface area (Å²) in [7, 11) is 1.79. The largest absolute Gasteiger partial charge is 0.472 e. The smallest absolute Gasteiger partial charge is 0.410 e. The Hall–Kier alpha value is -4.28. The van der Waals surface area contributed by atoms with E-state index < -0.39 is 15.9 Å². The first-order valence-corrected chi connectivity index (χ1v) is 13.4. The molecule has 3 aromatic rings. The van der Waals surface area contributed by atoms with Crippen LogP contribution in [0.4, 0.5) is 16.2 Å². The monoisotopic (exact) mass is 545 g/mol. The van der Waals surface area contributed by atoms with Gasteiger partial charge in [0.05, 0.1) is 34.3 Å². The summed E-state index contributed by atoms with van der Waals surface area (Å²) < 4.78 is 11.1. The molecule has 2 amide bonds. The average molecular weight is 546 g/mol. The number of carbonyl (C=O) groups excluding carboxylic acids is 2. The molecule has 11 heteroatoms. The number of likely N-dealkylation sites (tertiary alicyclic amines) is 1. The number of aromatic nitrogens is 2. The van der Waals surface area contributed by atoms with Crippen LogP contribution in [0.2, 0.25) is 0 Å². The number of nitrogens with zero attached hydrogens (tertiary/aromatic N) is 5. The van der Waals surface area contributed by atoms with Gasteiger partial charge < -0.3 is 19.3 Å². The van der Waals surface area contributed by atoms with E-state index in [-0.39, 0.29) is 36.1 Å². The van der Waals surface area contributed by atoms with Crippen molar-refractivity contribution in [2.75, 3.05) is 31.6 Å². The number of rotatable bonds is 5. The number of pyridine rings is 2. The van der Waals surface area contributed by atoms with E-state index in [9.17, 15) is 19.7 Å². The maximum absolute atomic E-state index is 13.1. The molecule has 6 rings (SSSR count). The summed E-state index contributed by atoms with van der Waals surface area (Å²) in [6.45, 7) is 6.54. The predicted octanol–water partition coefficient (Wildman–Crippen LogP) is 4.85. The first-order valence-electron chi connectivity index (χ1n) is 13.4. The van der Waals surface area contributed by atoms with Crippen LogP contribution in [-0.2, 0) is 14.9 Å². The van der Waals surface area contributed by atoms with E-state index in [4.69, 9.17) is 9.47 Å². The Kier molecular flexibility index (Phi) is 5.93. The van der Waals surface area contributed by atoms with E-state index in [1.807, 2.05) is 39.0 Å². The SMILES string of the molecule is CN1C(=O)C2(CCC2)c2c1cnc1ccc(-c3cnc(OCC4CN(C(=O)OC(C)(C)C)C4)c([N+](=O)[O-])c3)cc21. The van der Waals surface area contributed by atoms with Crippen LogP contribution in [0.3, 0.4) is 0 Å². The van der Waals surface area contributed by atoms with Gasteiger partial charge in [0.15, 0.2) is 0 Å². The van der Waals surface area contributed by atoms with Crippen molar-refractivity contribution in [1.82, 2.24) is 14.9 Å². The third-order valence-corrected chi connectivity index (χ3v) is 8.04. The lowest BCUT2D eigenvalue weighted by Crippen LogP contribution is -2.53. The third kappa shape index (κ3) is 4.20. The van der Waals surface area contributed by atoms with Crippen molar-refractivity contribution in [3.05, 3.63) is 52.3 Å². The summed E-state index contributed by atoms with van der Waals surface area (Å²) in [6.07, 6.45) is 5.55. The van der Waals surface area contributed by atoms with E-state index in [0.29, 0.717) is 18.7 Å². The summed E-state index contributed by atoms with van der Waals surface area (Å²) >= 11 is 0. The summed E-state index contributed by atoms with van der Waals surface area (Å²) in [4.78, 5) is 48.9. The molecule has 1 aliphatic carbocycles. The van der Waals surface area contributed by atoms with Crippen molar-refractivity contribution in [3.8, 4) is 17.0 Å². The van der Waals surface area contributed by atoms with Crippen molar-refractivity contribution in [1.29, 1.82) is 0 Å². The Labute approximate surface area is 231 Å². The molecule has 1 saturated carbocycles. The van der Waals surface area contributed by atoms with Crippen molar-refractivity contribution in [2.45, 2.75) is 51.0 Å². The second-order valence-electron chi connectivity index (χ2n) is 11.9. The van der Waals surface area contributed by atoms with Gasteiger partial charge in [-0.2, -0.15) is 0 Å². The highest BCUT2D eigenvalue weighted by Crippen LogP contribution is 2.55. The molecule has 1 saturated heterocycles. The molecule has 0 radical (unpaired) electrons. The minimum absolute atomic E-state index is 0.0309. The predicted molar refractivity (Wildman–Crippen MR) is 147 cm³/mol. The van der Waals surface area contributed by atoms with E-state index in [2.05, 4.69) is 9.97 Å². The Bertz CT molecular complexity index is 1550. The molecule has 40 heavy (non-hydrogen) atoms. The zero-order valence-corrected chi connectivity index (χ0v) is 23.0. The van der Waals surface area contributed by atoms with Crippen LogP contribution in [0.15, 0.2) is 36.7 Å². The van der Waals surface area contributed by atoms with Gasteiger partial charge in [0.1, 0.15) is 5.60 Å². The second kappa shape index (κ2) is 9.14. The minimum atomic E-state index is -0.570. The number of carbonyl (C=O) groups is 2. The number of hydrogen-bond acceptors (Lipinski definition) is 8. The molecule has 2 fully saturated rings. The fraction of sp³-hybridized carbons (Fsp3) is 0.448. The van der Waals surface area contributed by atoms with Gasteiger partial charge in [0.25, 0.3) is 5.88 Å². The van der Waals surface area contributed by atoms with Crippen molar-refractivity contribution >= 4 is 34.3 Å². The quantitative estimate of drug-likeness (QED) is 0.329. The molecule has 3 aliphatic rings. The number of fused-ring (bicyclic) bond motifs is 4. The number of ether oxygens (including phenoxy) is 2. The standard InChI is InChI=1S/C29H31N5O6/c1-28(2,3)40-27(36)33-14-17(15-33)16-39-25-22(34(37)38)11-19(12-31-25)18-6-7-21-20(10-18)24-23(13-30-21)32(4)26(35)29(24)8-5-9-29/h6-7,10-13,17H,5,8-9,14-16H2,1-4H3. The highest BCUT2D eigenvalue weighted by Gasteiger charge is 2.54. The lowest BCUT2D eigenvalue weighted by atomic mass is 9.64. The molecular formula is C29H31N5O6. The summed E-state index contributed by atoms with van der Waals surface area (Å²) in [5.41, 5.74) is 2.60. The Morgan fingerprint density at radius 1 is 1.15 bits per heavy atom. The van der Waals surface area contributed by atoms with Crippen LogP contribution >= 0.6 is 0 Å². The maximum Gasteiger partial charge on any atom is 0.410 e. The van der Waals surface area contributed by atoms with Gasteiger partial charge in [-0.1, -0.05) is 12.5 Å². The molecule has 0 N–H and O–H groups in total. The molecular weight excluding hydrogens is 514 g/mol. The molecule has 2 aliphatic heterocycles. The van der Waals surface area contributed by atoms with Gasteiger partial charge >= 0.3 is 11.8 Å². The zero-order chi connectivity index (χ0) is 28.4. The fourth-order valence-electron chi connectivity index (χ4n) is 5.84. The highest BCUT2D eigenvalue weighted by atomic mass is 16.6. The number of likely N-dealkylation sites (N-methyl/N-ethyl adjacent to an activating group) is 1. The van der Waals surface area contributed by atoms with Crippen molar-refractivity contribution < 1.29 is 24.0 Å². The first kappa shape index (κ1) is 26.0. The third-order valence-electron chi connectivity index (χ3n) is 8.04. The van der Waals surface area contributed by atoms with Crippen LogP contribution in [0, 0.1) is 16.0 Å². The van der Waals surface area contributed by atoms with Crippen LogP contribution in [0.1, 0.15) is 45.6 Å². The second-order valence-corrected chi connectivity index (χ2v) is 11.9.